The number of sulfonamides is 1. The Balaban J connectivity index is 1.55. The van der Waals surface area contributed by atoms with Gasteiger partial charge in [0.05, 0.1) is 17.6 Å². The van der Waals surface area contributed by atoms with Crippen molar-refractivity contribution in [1.29, 1.82) is 0 Å². The van der Waals surface area contributed by atoms with Crippen LogP contribution in [0.3, 0.4) is 0 Å². The molecule has 166 valence electrons. The molecule has 0 aromatic heterocycles. The Morgan fingerprint density at radius 2 is 2.00 bits per heavy atom. The van der Waals surface area contributed by atoms with Crippen LogP contribution >= 0.6 is 0 Å². The third-order valence-corrected chi connectivity index (χ3v) is 6.71. The molecule has 30 heavy (non-hydrogen) atoms. The quantitative estimate of drug-likeness (QED) is 0.665. The summed E-state index contributed by atoms with van der Waals surface area (Å²) in [6.45, 7) is 3.98. The molecule has 2 aliphatic heterocycles. The van der Waals surface area contributed by atoms with Gasteiger partial charge in [-0.3, -0.25) is 4.79 Å². The van der Waals surface area contributed by atoms with Gasteiger partial charge in [0.2, 0.25) is 10.0 Å². The van der Waals surface area contributed by atoms with Gasteiger partial charge >= 0.3 is 6.09 Å². The molecule has 10 heteroatoms. The van der Waals surface area contributed by atoms with Gasteiger partial charge in [0.25, 0.3) is 5.91 Å². The maximum absolute atomic E-state index is 12.6. The Hall–Kier alpha value is -2.17. The summed E-state index contributed by atoms with van der Waals surface area (Å²) in [5.74, 6) is -0.333. The molecule has 1 aromatic rings. The zero-order valence-electron chi connectivity index (χ0n) is 17.1. The van der Waals surface area contributed by atoms with E-state index in [0.29, 0.717) is 39.1 Å². The number of benzene rings is 1. The second-order valence-electron chi connectivity index (χ2n) is 7.45. The normalized spacial score (nSPS) is 20.2. The monoisotopic (exact) mass is 439 g/mol. The number of piperidine rings is 1. The minimum absolute atomic E-state index is 0.0466. The maximum Gasteiger partial charge on any atom is 0.409 e. The zero-order valence-corrected chi connectivity index (χ0v) is 17.9. The first kappa shape index (κ1) is 22.5. The number of likely N-dealkylation sites (tertiary alicyclic amines) is 1. The van der Waals surface area contributed by atoms with E-state index in [1.54, 1.807) is 24.0 Å². The van der Waals surface area contributed by atoms with E-state index in [1.807, 2.05) is 0 Å². The highest BCUT2D eigenvalue weighted by Gasteiger charge is 2.25. The molecule has 0 aliphatic carbocycles. The molecule has 2 saturated heterocycles. The van der Waals surface area contributed by atoms with Crippen molar-refractivity contribution in [2.45, 2.75) is 49.6 Å². The highest BCUT2D eigenvalue weighted by molar-refractivity contribution is 7.89. The van der Waals surface area contributed by atoms with Gasteiger partial charge in [-0.15, -0.1) is 0 Å². The van der Waals surface area contributed by atoms with Crippen molar-refractivity contribution in [3.05, 3.63) is 29.8 Å². The predicted octanol–water partition coefficient (Wildman–Crippen LogP) is 1.49. The average molecular weight is 440 g/mol. The smallest absolute Gasteiger partial charge is 0.409 e. The van der Waals surface area contributed by atoms with Crippen LogP contribution in [0, 0.1) is 0 Å². The van der Waals surface area contributed by atoms with Crippen molar-refractivity contribution < 1.29 is 27.5 Å². The predicted molar refractivity (Wildman–Crippen MR) is 110 cm³/mol. The molecule has 0 saturated carbocycles. The summed E-state index contributed by atoms with van der Waals surface area (Å²) in [4.78, 5) is 26.1. The molecule has 9 nitrogen and oxygen atoms in total. The molecule has 2 aliphatic rings. The second kappa shape index (κ2) is 10.2. The first-order valence-electron chi connectivity index (χ1n) is 10.3. The number of hydrogen-bond donors (Lipinski definition) is 2. The van der Waals surface area contributed by atoms with Gasteiger partial charge in [-0.2, -0.15) is 0 Å². The van der Waals surface area contributed by atoms with Crippen LogP contribution in [0.5, 0.6) is 0 Å². The number of carbonyl (C=O) groups is 2. The number of carbonyl (C=O) groups excluding carboxylic acids is 2. The summed E-state index contributed by atoms with van der Waals surface area (Å²) < 4.78 is 38.1. The molecule has 1 aromatic carbocycles. The van der Waals surface area contributed by atoms with E-state index < -0.39 is 10.0 Å². The van der Waals surface area contributed by atoms with Gasteiger partial charge in [0.1, 0.15) is 0 Å². The van der Waals surface area contributed by atoms with Gasteiger partial charge in [0, 0.05) is 37.8 Å². The summed E-state index contributed by atoms with van der Waals surface area (Å²) >= 11 is 0. The molecular formula is C20H29N3O6S. The largest absolute Gasteiger partial charge is 0.450 e. The molecule has 2 heterocycles. The Morgan fingerprint density at radius 3 is 2.67 bits per heavy atom. The van der Waals surface area contributed by atoms with Gasteiger partial charge < -0.3 is 19.7 Å². The number of nitrogens with zero attached hydrogens (tertiary/aromatic N) is 1. The molecule has 3 rings (SSSR count). The fourth-order valence-electron chi connectivity index (χ4n) is 3.59. The van der Waals surface area contributed by atoms with Crippen molar-refractivity contribution in [2.24, 2.45) is 0 Å². The van der Waals surface area contributed by atoms with Crippen molar-refractivity contribution in [3.63, 3.8) is 0 Å². The number of rotatable bonds is 7. The lowest BCUT2D eigenvalue weighted by atomic mass is 10.0. The lowest BCUT2D eigenvalue weighted by Crippen LogP contribution is -2.46. The van der Waals surface area contributed by atoms with Crippen LogP contribution in [-0.4, -0.2) is 70.3 Å². The zero-order chi connectivity index (χ0) is 21.6. The fraction of sp³-hybridized carbons (Fsp3) is 0.600. The SMILES string of the molecule is CCOC(=O)N1CCC(NC(=O)c2cccc(S(=O)(=O)NC[C@@H]3CCCO3)c2)CC1. The number of amides is 2. The van der Waals surface area contributed by atoms with Crippen molar-refractivity contribution >= 4 is 22.0 Å². The van der Waals surface area contributed by atoms with Crippen LogP contribution in [0.2, 0.25) is 0 Å². The lowest BCUT2D eigenvalue weighted by molar-refractivity contribution is 0.0860. The summed E-state index contributed by atoms with van der Waals surface area (Å²) in [6, 6.07) is 5.90. The molecular weight excluding hydrogens is 410 g/mol. The minimum atomic E-state index is -3.73. The minimum Gasteiger partial charge on any atom is -0.450 e. The molecule has 2 fully saturated rings. The molecule has 2 N–H and O–H groups in total. The van der Waals surface area contributed by atoms with E-state index in [9.17, 15) is 18.0 Å². The molecule has 2 amide bonds. The maximum atomic E-state index is 12.6. The molecule has 0 unspecified atom stereocenters. The van der Waals surface area contributed by atoms with Crippen LogP contribution in [-0.2, 0) is 19.5 Å². The standard InChI is InChI=1S/C20H29N3O6S/c1-2-28-20(25)23-10-8-16(9-11-23)22-19(24)15-5-3-7-18(13-15)30(26,27)21-14-17-6-4-12-29-17/h3,5,7,13,16-17,21H,2,4,6,8-12,14H2,1H3,(H,22,24)/t17-/m0/s1. The average Bonchev–Trinajstić information content (AvgIpc) is 3.27. The third-order valence-electron chi connectivity index (χ3n) is 5.29. The summed E-state index contributed by atoms with van der Waals surface area (Å²) in [6.07, 6.45) is 2.56. The lowest BCUT2D eigenvalue weighted by Gasteiger charge is -2.31. The van der Waals surface area contributed by atoms with E-state index in [-0.39, 0.29) is 41.1 Å². The topological polar surface area (TPSA) is 114 Å². The second-order valence-corrected chi connectivity index (χ2v) is 9.22. The summed E-state index contributed by atoms with van der Waals surface area (Å²) in [5, 5.41) is 2.93. The van der Waals surface area contributed by atoms with Crippen molar-refractivity contribution in [2.75, 3.05) is 32.8 Å². The van der Waals surface area contributed by atoms with Crippen LogP contribution in [0.1, 0.15) is 43.0 Å². The van der Waals surface area contributed by atoms with E-state index >= 15 is 0 Å². The van der Waals surface area contributed by atoms with E-state index in [1.165, 1.54) is 12.1 Å². The summed E-state index contributed by atoms with van der Waals surface area (Å²) in [7, 11) is -3.73. The Kier molecular flexibility index (Phi) is 7.68. The molecule has 1 atom stereocenters. The molecule has 0 bridgehead atoms. The van der Waals surface area contributed by atoms with Crippen LogP contribution < -0.4 is 10.0 Å². The van der Waals surface area contributed by atoms with Crippen molar-refractivity contribution in [1.82, 2.24) is 14.9 Å². The Labute approximate surface area is 177 Å². The van der Waals surface area contributed by atoms with Crippen LogP contribution in [0.4, 0.5) is 4.79 Å². The number of ether oxygens (including phenoxy) is 2. The van der Waals surface area contributed by atoms with Gasteiger partial charge in [-0.05, 0) is 50.8 Å². The van der Waals surface area contributed by atoms with E-state index in [2.05, 4.69) is 10.0 Å². The first-order chi connectivity index (χ1) is 14.4. The van der Waals surface area contributed by atoms with E-state index in [4.69, 9.17) is 9.47 Å². The Bertz CT molecular complexity index is 846. The number of hydrogen-bond acceptors (Lipinski definition) is 6. The van der Waals surface area contributed by atoms with Gasteiger partial charge in [-0.1, -0.05) is 6.07 Å². The highest BCUT2D eigenvalue weighted by atomic mass is 32.2. The third kappa shape index (κ3) is 5.93. The fourth-order valence-corrected chi connectivity index (χ4v) is 4.70. The van der Waals surface area contributed by atoms with E-state index in [0.717, 1.165) is 12.8 Å². The van der Waals surface area contributed by atoms with Crippen LogP contribution in [0.25, 0.3) is 0 Å². The van der Waals surface area contributed by atoms with Gasteiger partial charge in [0.15, 0.2) is 0 Å². The number of nitrogens with one attached hydrogen (secondary N) is 2. The van der Waals surface area contributed by atoms with Gasteiger partial charge in [-0.25, -0.2) is 17.9 Å². The Morgan fingerprint density at radius 1 is 1.23 bits per heavy atom. The summed E-state index contributed by atoms with van der Waals surface area (Å²) in [5.41, 5.74) is 0.280. The molecule has 0 spiro atoms. The first-order valence-corrected chi connectivity index (χ1v) is 11.8. The van der Waals surface area contributed by atoms with Crippen molar-refractivity contribution in [3.8, 4) is 0 Å². The highest BCUT2D eigenvalue weighted by Crippen LogP contribution is 2.16. The molecule has 0 radical (unpaired) electrons. The van der Waals surface area contributed by atoms with Crippen LogP contribution in [0.15, 0.2) is 29.2 Å².